The smallest absolute Gasteiger partial charge is 0.231 e. The first-order valence-electron chi connectivity index (χ1n) is 14.8. The molecule has 1 fully saturated rings. The Hall–Kier alpha value is -4.73. The van der Waals surface area contributed by atoms with Crippen LogP contribution in [0.1, 0.15) is 5.56 Å². The number of aromatic amines is 1. The summed E-state index contributed by atoms with van der Waals surface area (Å²) in [6.45, 7) is 8.21. The van der Waals surface area contributed by atoms with Crippen LogP contribution in [0.25, 0.3) is 27.5 Å². The van der Waals surface area contributed by atoms with Crippen LogP contribution in [0, 0.1) is 0 Å². The predicted octanol–water partition coefficient (Wildman–Crippen LogP) is 5.12. The average molecular weight is 623 g/mol. The maximum absolute atomic E-state index is 6.12. The van der Waals surface area contributed by atoms with E-state index in [2.05, 4.69) is 75.1 Å². The van der Waals surface area contributed by atoms with Crippen molar-refractivity contribution >= 4 is 75.8 Å². The van der Waals surface area contributed by atoms with E-state index in [1.165, 1.54) is 5.30 Å². The van der Waals surface area contributed by atoms with Gasteiger partial charge < -0.3 is 35.9 Å². The molecule has 0 radical (unpaired) electrons. The molecule has 1 saturated heterocycles. The number of nitrogens with one attached hydrogen (secondary N) is 3. The molecule has 5 aromatic rings. The number of methoxy groups -OCH3 is 1. The monoisotopic (exact) mass is 622 g/mol. The minimum atomic E-state index is -0.466. The van der Waals surface area contributed by atoms with Gasteiger partial charge in [0.15, 0.2) is 0 Å². The van der Waals surface area contributed by atoms with Gasteiger partial charge in [0.2, 0.25) is 5.95 Å². The first kappa shape index (κ1) is 30.3. The quantitative estimate of drug-likeness (QED) is 0.131. The molecule has 4 heterocycles. The van der Waals surface area contributed by atoms with Gasteiger partial charge in [0.25, 0.3) is 0 Å². The second kappa shape index (κ2) is 13.1. The normalized spacial score (nSPS) is 14.6. The minimum absolute atomic E-state index is 0.419. The van der Waals surface area contributed by atoms with Gasteiger partial charge in [-0.15, -0.1) is 0 Å². The number of likely N-dealkylation sites (N-methyl/N-ethyl adjacent to an activating group) is 1. The molecule has 12 heteroatoms. The summed E-state index contributed by atoms with van der Waals surface area (Å²) in [5.41, 5.74) is 12.3. The lowest BCUT2D eigenvalue weighted by molar-refractivity contribution is 0.312. The van der Waals surface area contributed by atoms with E-state index in [1.54, 1.807) is 26.6 Å². The highest BCUT2D eigenvalue weighted by Crippen LogP contribution is 2.39. The molecule has 1 aliphatic rings. The number of allylic oxidation sites excluding steroid dienone is 1. The van der Waals surface area contributed by atoms with E-state index in [-0.39, 0.29) is 0 Å². The van der Waals surface area contributed by atoms with Crippen LogP contribution in [0.4, 0.5) is 28.8 Å². The fourth-order valence-electron chi connectivity index (χ4n) is 5.74. The number of hydrogen-bond donors (Lipinski definition) is 4. The lowest BCUT2D eigenvalue weighted by Crippen LogP contribution is -2.44. The maximum atomic E-state index is 6.12. The number of pyridine rings is 1. The van der Waals surface area contributed by atoms with Crippen molar-refractivity contribution < 1.29 is 4.74 Å². The first-order chi connectivity index (χ1) is 21.9. The van der Waals surface area contributed by atoms with E-state index in [0.29, 0.717) is 28.9 Å². The number of nitrogens with zero attached hydrogens (tertiary/aromatic N) is 6. The van der Waals surface area contributed by atoms with Crippen LogP contribution in [-0.2, 0) is 0 Å². The summed E-state index contributed by atoms with van der Waals surface area (Å²) in [7, 11) is 5.10. The van der Waals surface area contributed by atoms with Crippen LogP contribution in [0.2, 0.25) is 0 Å². The van der Waals surface area contributed by atoms with E-state index < -0.39 is 7.92 Å². The van der Waals surface area contributed by atoms with Crippen molar-refractivity contribution in [3.05, 3.63) is 66.6 Å². The molecular formula is C33H39N10OP. The summed E-state index contributed by atoms with van der Waals surface area (Å²) < 4.78 is 5.91. The number of fused-ring (bicyclic) bond motifs is 2. The highest BCUT2D eigenvalue weighted by molar-refractivity contribution is 7.65. The standard InChI is InChI=1S/C33H39N10OP/c1-35-20-22(19-34)24-17-26(28(44-3)18-27(24)43-15-13-42(2)14-16-43)39-33-40-31-23(10-12-37-31)32(41-33)38-25-9-8-21-7-6-11-36-29(21)30(25)45(4)5/h6-12,17-20H,13-16,34H2,1-5H3,(H3,37,38,39,40,41). The van der Waals surface area contributed by atoms with Crippen molar-refractivity contribution in [2.45, 2.75) is 0 Å². The predicted molar refractivity (Wildman–Crippen MR) is 190 cm³/mol. The van der Waals surface area contributed by atoms with E-state index in [4.69, 9.17) is 25.4 Å². The summed E-state index contributed by atoms with van der Waals surface area (Å²) >= 11 is 0. The summed E-state index contributed by atoms with van der Waals surface area (Å²) in [4.78, 5) is 26.7. The Morgan fingerprint density at radius 2 is 1.89 bits per heavy atom. The average Bonchev–Trinajstić information content (AvgIpc) is 3.53. The fourth-order valence-corrected chi connectivity index (χ4v) is 6.96. The zero-order chi connectivity index (χ0) is 31.5. The van der Waals surface area contributed by atoms with Crippen molar-refractivity contribution in [3.63, 3.8) is 0 Å². The molecule has 0 spiro atoms. The number of rotatable bonds is 9. The lowest BCUT2D eigenvalue weighted by atomic mass is 10.0. The van der Waals surface area contributed by atoms with E-state index in [0.717, 1.165) is 65.0 Å². The molecule has 0 amide bonds. The largest absolute Gasteiger partial charge is 0.494 e. The number of H-pyrrole nitrogens is 1. The van der Waals surface area contributed by atoms with Crippen LogP contribution in [0.5, 0.6) is 5.75 Å². The zero-order valence-corrected chi connectivity index (χ0v) is 27.2. The zero-order valence-electron chi connectivity index (χ0n) is 26.3. The van der Waals surface area contributed by atoms with Crippen molar-refractivity contribution in [2.75, 3.05) is 76.2 Å². The van der Waals surface area contributed by atoms with Crippen LogP contribution in [0.3, 0.4) is 0 Å². The van der Waals surface area contributed by atoms with Gasteiger partial charge in [-0.2, -0.15) is 9.97 Å². The number of hydrogen-bond acceptors (Lipinski definition) is 10. The Bertz CT molecular complexity index is 1890. The van der Waals surface area contributed by atoms with E-state index in [9.17, 15) is 0 Å². The molecule has 11 nitrogen and oxygen atoms in total. The molecule has 0 aliphatic carbocycles. The van der Waals surface area contributed by atoms with Gasteiger partial charge in [0.1, 0.15) is 17.2 Å². The van der Waals surface area contributed by atoms with E-state index in [1.807, 2.05) is 30.6 Å². The Kier molecular flexibility index (Phi) is 8.82. The van der Waals surface area contributed by atoms with Gasteiger partial charge in [0.05, 0.1) is 23.7 Å². The van der Waals surface area contributed by atoms with Gasteiger partial charge in [0, 0.05) is 97.3 Å². The highest BCUT2D eigenvalue weighted by Gasteiger charge is 2.22. The van der Waals surface area contributed by atoms with Gasteiger partial charge in [-0.25, -0.2) is 0 Å². The second-order valence-corrected chi connectivity index (χ2v) is 13.4. The molecule has 0 atom stereocenters. The Balaban J connectivity index is 1.42. The number of aromatic nitrogens is 4. The molecule has 0 saturated carbocycles. The van der Waals surface area contributed by atoms with E-state index >= 15 is 0 Å². The molecule has 1 aliphatic heterocycles. The topological polar surface area (TPSA) is 133 Å². The molecule has 2 aromatic carbocycles. The maximum Gasteiger partial charge on any atom is 0.231 e. The van der Waals surface area contributed by atoms with Gasteiger partial charge >= 0.3 is 0 Å². The molecule has 3 aromatic heterocycles. The number of nitrogens with two attached hydrogens (primary N) is 1. The van der Waals surface area contributed by atoms with Gasteiger partial charge in [-0.05, 0) is 44.6 Å². The van der Waals surface area contributed by atoms with Crippen molar-refractivity contribution in [3.8, 4) is 5.75 Å². The first-order valence-corrected chi connectivity index (χ1v) is 17.1. The summed E-state index contributed by atoms with van der Waals surface area (Å²) in [5.74, 6) is 1.78. The summed E-state index contributed by atoms with van der Waals surface area (Å²) in [6.07, 6.45) is 7.09. The van der Waals surface area contributed by atoms with Crippen LogP contribution < -0.4 is 31.3 Å². The molecule has 45 heavy (non-hydrogen) atoms. The van der Waals surface area contributed by atoms with Crippen LogP contribution in [-0.4, -0.2) is 91.8 Å². The fraction of sp³-hybridized carbons (Fsp3) is 0.273. The SMILES string of the molecule is CN=CC(=CN)c1cc(Nc2nc(Nc3ccc4cccnc4c3P(C)C)c3cc[nH]c3n2)c(OC)cc1N1CCN(C)CC1. The molecule has 5 N–H and O–H groups in total. The second-order valence-electron chi connectivity index (χ2n) is 11.2. The van der Waals surface area contributed by atoms with Crippen molar-refractivity contribution in [1.29, 1.82) is 0 Å². The number of piperazine rings is 1. The number of aliphatic imine (C=N–C) groups is 1. The third-order valence-electron chi connectivity index (χ3n) is 8.03. The van der Waals surface area contributed by atoms with Crippen molar-refractivity contribution in [2.24, 2.45) is 10.7 Å². The number of anilines is 5. The third kappa shape index (κ3) is 6.14. The Morgan fingerprint density at radius 1 is 1.07 bits per heavy atom. The van der Waals surface area contributed by atoms with Crippen molar-refractivity contribution in [1.82, 2.24) is 24.8 Å². The molecule has 0 bridgehead atoms. The van der Waals surface area contributed by atoms with Crippen LogP contribution >= 0.6 is 7.92 Å². The molecular weight excluding hydrogens is 583 g/mol. The lowest BCUT2D eigenvalue weighted by Gasteiger charge is -2.35. The van der Waals surface area contributed by atoms with Gasteiger partial charge in [-0.1, -0.05) is 20.1 Å². The third-order valence-corrected chi connectivity index (χ3v) is 9.38. The minimum Gasteiger partial charge on any atom is -0.494 e. The van der Waals surface area contributed by atoms with Crippen LogP contribution in [0.15, 0.2) is 66.1 Å². The number of benzene rings is 2. The number of ether oxygens (including phenoxy) is 1. The highest BCUT2D eigenvalue weighted by atomic mass is 31.1. The molecule has 6 rings (SSSR count). The Labute approximate surface area is 264 Å². The Morgan fingerprint density at radius 3 is 2.62 bits per heavy atom. The molecule has 0 unspecified atom stereocenters. The summed E-state index contributed by atoms with van der Waals surface area (Å²) in [6, 6.07) is 14.3. The molecule has 232 valence electrons. The summed E-state index contributed by atoms with van der Waals surface area (Å²) in [5, 5.41) is 10.3. The van der Waals surface area contributed by atoms with Gasteiger partial charge in [-0.3, -0.25) is 9.98 Å².